The summed E-state index contributed by atoms with van der Waals surface area (Å²) in [5.41, 5.74) is -0.749. The fourth-order valence-electron chi connectivity index (χ4n) is 3.40. The Hall–Kier alpha value is -1.56. The molecular weight excluding hydrogens is 412 g/mol. The molecule has 3 rings (SSSR count). The van der Waals surface area contributed by atoms with E-state index in [0.29, 0.717) is 19.2 Å². The molecule has 3 aliphatic rings. The highest BCUT2D eigenvalue weighted by molar-refractivity contribution is 7.89. The first-order valence-electron chi connectivity index (χ1n) is 10.5. The van der Waals surface area contributed by atoms with Crippen LogP contribution in [0.4, 0.5) is 4.79 Å². The highest BCUT2D eigenvalue weighted by atomic mass is 32.2. The Labute approximate surface area is 182 Å². The summed E-state index contributed by atoms with van der Waals surface area (Å²) in [5.74, 6) is -0.315. The Kier molecular flexibility index (Phi) is 10.2. The van der Waals surface area contributed by atoms with Crippen LogP contribution in [0.1, 0.15) is 46.5 Å². The second-order valence-corrected chi connectivity index (χ2v) is 8.69. The largest absolute Gasteiger partial charge is 0.466 e. The number of fused-ring (bicyclic) bond motifs is 2. The molecule has 0 aromatic heterocycles. The van der Waals surface area contributed by atoms with E-state index < -0.39 is 5.41 Å². The van der Waals surface area contributed by atoms with Gasteiger partial charge in [0.15, 0.2) is 12.3 Å². The lowest BCUT2D eigenvalue weighted by Crippen LogP contribution is -2.39. The number of carbonyl (C=O) groups excluding carboxylic acids is 3. The molecule has 10 nitrogen and oxygen atoms in total. The molecule has 0 radical (unpaired) electrons. The number of ether oxygens (including phenoxy) is 1. The Morgan fingerprint density at radius 3 is 2.70 bits per heavy atom. The lowest BCUT2D eigenvalue weighted by Gasteiger charge is -2.23. The van der Waals surface area contributed by atoms with Crippen LogP contribution in [0.2, 0.25) is 0 Å². The number of hydrogen-bond acceptors (Lipinski definition) is 8. The fourth-order valence-corrected chi connectivity index (χ4v) is 4.04. The SMILES string of the molecule is CCOC(=O)C(C)(C)COSON1C(=O)N2CCCC1C2.O=CNC1CCNCC1. The third kappa shape index (κ3) is 7.29. The number of amides is 3. The van der Waals surface area contributed by atoms with Crippen molar-refractivity contribution in [3.05, 3.63) is 0 Å². The normalized spacial score (nSPS) is 21.7. The van der Waals surface area contributed by atoms with Crippen molar-refractivity contribution in [2.45, 2.75) is 58.5 Å². The molecule has 2 bridgehead atoms. The summed E-state index contributed by atoms with van der Waals surface area (Å²) in [6.07, 6.45) is 4.86. The Bertz CT molecular complexity index is 573. The van der Waals surface area contributed by atoms with Crippen LogP contribution in [0.15, 0.2) is 0 Å². The minimum atomic E-state index is -0.749. The zero-order chi connectivity index (χ0) is 22.0. The van der Waals surface area contributed by atoms with Crippen molar-refractivity contribution in [1.82, 2.24) is 20.6 Å². The van der Waals surface area contributed by atoms with E-state index in [4.69, 9.17) is 13.2 Å². The summed E-state index contributed by atoms with van der Waals surface area (Å²) >= 11 is 0.736. The van der Waals surface area contributed by atoms with E-state index in [-0.39, 0.29) is 24.6 Å². The maximum absolute atomic E-state index is 12.0. The fraction of sp³-hybridized carbons (Fsp3) is 0.842. The summed E-state index contributed by atoms with van der Waals surface area (Å²) in [4.78, 5) is 35.4. The number of rotatable bonds is 9. The lowest BCUT2D eigenvalue weighted by atomic mass is 9.95. The maximum Gasteiger partial charge on any atom is 0.345 e. The van der Waals surface area contributed by atoms with Gasteiger partial charge in [0.05, 0.1) is 24.7 Å². The van der Waals surface area contributed by atoms with E-state index in [1.54, 1.807) is 25.7 Å². The van der Waals surface area contributed by atoms with Gasteiger partial charge in [0.1, 0.15) is 0 Å². The molecule has 0 saturated carbocycles. The van der Waals surface area contributed by atoms with Crippen LogP contribution in [0, 0.1) is 5.41 Å². The molecule has 3 fully saturated rings. The van der Waals surface area contributed by atoms with E-state index in [1.807, 2.05) is 0 Å². The van der Waals surface area contributed by atoms with Crippen molar-refractivity contribution in [3.8, 4) is 0 Å². The third-order valence-electron chi connectivity index (χ3n) is 5.24. The predicted octanol–water partition coefficient (Wildman–Crippen LogP) is 1.47. The Morgan fingerprint density at radius 2 is 2.07 bits per heavy atom. The van der Waals surface area contributed by atoms with Crippen LogP contribution in [0.25, 0.3) is 0 Å². The first kappa shape index (κ1) is 24.7. The molecule has 0 spiro atoms. The molecule has 1 unspecified atom stereocenters. The van der Waals surface area contributed by atoms with Crippen LogP contribution in [0.5, 0.6) is 0 Å². The molecule has 1 atom stereocenters. The van der Waals surface area contributed by atoms with E-state index in [2.05, 4.69) is 10.6 Å². The number of carbonyl (C=O) groups is 3. The monoisotopic (exact) mass is 446 g/mol. The van der Waals surface area contributed by atoms with Gasteiger partial charge in [-0.2, -0.15) is 9.35 Å². The Balaban J connectivity index is 0.000000297. The smallest absolute Gasteiger partial charge is 0.345 e. The zero-order valence-corrected chi connectivity index (χ0v) is 18.9. The summed E-state index contributed by atoms with van der Waals surface area (Å²) in [6.45, 7) is 9.30. The van der Waals surface area contributed by atoms with Crippen molar-refractivity contribution >= 4 is 30.7 Å². The van der Waals surface area contributed by atoms with Gasteiger partial charge in [-0.15, -0.1) is 0 Å². The molecule has 0 aromatic carbocycles. The summed E-state index contributed by atoms with van der Waals surface area (Å²) in [6, 6.07) is 0.405. The average Bonchev–Trinajstić information content (AvgIpc) is 2.95. The molecule has 3 amide bonds. The average molecular weight is 447 g/mol. The number of nitrogens with zero attached hydrogens (tertiary/aromatic N) is 2. The van der Waals surface area contributed by atoms with Crippen molar-refractivity contribution in [2.75, 3.05) is 39.4 Å². The van der Waals surface area contributed by atoms with Gasteiger partial charge in [-0.3, -0.25) is 13.8 Å². The molecule has 2 N–H and O–H groups in total. The number of hydrogen-bond donors (Lipinski definition) is 2. The molecule has 11 heteroatoms. The first-order chi connectivity index (χ1) is 14.4. The van der Waals surface area contributed by atoms with Gasteiger partial charge >= 0.3 is 12.0 Å². The molecule has 3 saturated heterocycles. The van der Waals surface area contributed by atoms with E-state index >= 15 is 0 Å². The minimum Gasteiger partial charge on any atom is -0.466 e. The standard InChI is InChI=1S/C13H22N2O5S.C6H12N2O/c1-4-18-11(16)13(2,3)9-19-21-20-15-10-6-5-7-14(8-10)12(15)17;9-5-8-6-1-3-7-4-2-6/h10H,4-9H2,1-3H3;5-7H,1-4H2,(H,8,9). The minimum absolute atomic E-state index is 0.0976. The highest BCUT2D eigenvalue weighted by Gasteiger charge is 2.41. The van der Waals surface area contributed by atoms with Crippen LogP contribution >= 0.6 is 12.3 Å². The van der Waals surface area contributed by atoms with Gasteiger partial charge in [-0.05, 0) is 59.5 Å². The van der Waals surface area contributed by atoms with Crippen LogP contribution < -0.4 is 10.6 Å². The van der Waals surface area contributed by atoms with E-state index in [9.17, 15) is 14.4 Å². The van der Waals surface area contributed by atoms with Crippen molar-refractivity contribution in [3.63, 3.8) is 0 Å². The van der Waals surface area contributed by atoms with Gasteiger partial charge in [-0.25, -0.2) is 4.79 Å². The first-order valence-corrected chi connectivity index (χ1v) is 11.2. The van der Waals surface area contributed by atoms with Gasteiger partial charge in [0.25, 0.3) is 0 Å². The molecule has 3 aliphatic heterocycles. The summed E-state index contributed by atoms with van der Waals surface area (Å²) in [5, 5.41) is 7.35. The quantitative estimate of drug-likeness (QED) is 0.237. The van der Waals surface area contributed by atoms with Crippen molar-refractivity contribution < 1.29 is 27.6 Å². The van der Waals surface area contributed by atoms with E-state index in [1.165, 1.54) is 5.06 Å². The van der Waals surface area contributed by atoms with Crippen LogP contribution in [-0.2, 0) is 22.8 Å². The zero-order valence-electron chi connectivity index (χ0n) is 18.1. The number of hydroxylamine groups is 2. The predicted molar refractivity (Wildman–Crippen MR) is 112 cm³/mol. The molecular formula is C19H34N4O6S. The number of urea groups is 1. The summed E-state index contributed by atoms with van der Waals surface area (Å²) in [7, 11) is 0. The maximum atomic E-state index is 12.0. The van der Waals surface area contributed by atoms with E-state index in [0.717, 1.165) is 64.1 Å². The second-order valence-electron chi connectivity index (χ2n) is 8.17. The Morgan fingerprint density at radius 1 is 1.33 bits per heavy atom. The highest BCUT2D eigenvalue weighted by Crippen LogP contribution is 2.29. The van der Waals surface area contributed by atoms with Crippen LogP contribution in [0.3, 0.4) is 0 Å². The van der Waals surface area contributed by atoms with Gasteiger partial charge in [0.2, 0.25) is 6.41 Å². The third-order valence-corrected chi connectivity index (χ3v) is 5.67. The number of piperidine rings is 2. The number of esters is 1. The van der Waals surface area contributed by atoms with Gasteiger partial charge in [0, 0.05) is 19.1 Å². The molecule has 0 aliphatic carbocycles. The second kappa shape index (κ2) is 12.3. The molecule has 172 valence electrons. The molecule has 0 aromatic rings. The van der Waals surface area contributed by atoms with Crippen LogP contribution in [-0.4, -0.2) is 79.9 Å². The lowest BCUT2D eigenvalue weighted by molar-refractivity contribution is -0.155. The topological polar surface area (TPSA) is 109 Å². The van der Waals surface area contributed by atoms with Crippen molar-refractivity contribution in [1.29, 1.82) is 0 Å². The van der Waals surface area contributed by atoms with Gasteiger partial charge < -0.3 is 20.3 Å². The number of nitrogens with one attached hydrogen (secondary N) is 2. The van der Waals surface area contributed by atoms with Gasteiger partial charge in [-0.1, -0.05) is 0 Å². The summed E-state index contributed by atoms with van der Waals surface area (Å²) < 4.78 is 15.6. The molecule has 3 heterocycles. The molecule has 30 heavy (non-hydrogen) atoms. The van der Waals surface area contributed by atoms with Crippen molar-refractivity contribution in [2.24, 2.45) is 5.41 Å².